The average molecular weight is 382 g/mol. The lowest BCUT2D eigenvalue weighted by Gasteiger charge is -2.36. The largest absolute Gasteiger partial charge is 0.368 e. The van der Waals surface area contributed by atoms with E-state index in [2.05, 4.69) is 22.3 Å². The van der Waals surface area contributed by atoms with Crippen LogP contribution in [0.15, 0.2) is 54.6 Å². The Bertz CT molecular complexity index is 835. The highest BCUT2D eigenvalue weighted by molar-refractivity contribution is 5.96. The second kappa shape index (κ2) is 7.88. The van der Waals surface area contributed by atoms with Crippen molar-refractivity contribution in [2.45, 2.75) is 12.5 Å². The summed E-state index contributed by atoms with van der Waals surface area (Å²) in [7, 11) is 0. The normalized spacial score (nSPS) is 19.8. The van der Waals surface area contributed by atoms with E-state index in [0.29, 0.717) is 25.3 Å². The van der Waals surface area contributed by atoms with Crippen LogP contribution in [0.4, 0.5) is 20.6 Å². The summed E-state index contributed by atoms with van der Waals surface area (Å²) in [5.41, 5.74) is 1.82. The van der Waals surface area contributed by atoms with Gasteiger partial charge in [-0.15, -0.1) is 0 Å². The summed E-state index contributed by atoms with van der Waals surface area (Å²) in [5.74, 6) is -0.402. The fraction of sp³-hybridized carbons (Fsp3) is 0.333. The number of hydrogen-bond acceptors (Lipinski definition) is 3. The van der Waals surface area contributed by atoms with Gasteiger partial charge >= 0.3 is 6.03 Å². The van der Waals surface area contributed by atoms with Crippen molar-refractivity contribution in [3.63, 3.8) is 0 Å². The summed E-state index contributed by atoms with van der Waals surface area (Å²) in [6.45, 7) is 3.25. The predicted octanol–water partition coefficient (Wildman–Crippen LogP) is 2.46. The number of urea groups is 1. The van der Waals surface area contributed by atoms with E-state index in [4.69, 9.17) is 0 Å². The Labute approximate surface area is 163 Å². The molecule has 28 heavy (non-hydrogen) atoms. The number of anilines is 2. The standard InChI is InChI=1S/C21H23FN4O2/c22-16-6-8-19(9-7-16)26-15-17(14-20(26)27)23-21(28)25-12-10-24(11-13-25)18-4-2-1-3-5-18/h1-9,17H,10-15H2,(H,23,28)/t17-/m0/s1. The monoisotopic (exact) mass is 382 g/mol. The van der Waals surface area contributed by atoms with Crippen LogP contribution in [0.1, 0.15) is 6.42 Å². The van der Waals surface area contributed by atoms with E-state index >= 15 is 0 Å². The first kappa shape index (κ1) is 18.3. The van der Waals surface area contributed by atoms with Crippen molar-refractivity contribution < 1.29 is 14.0 Å². The number of carbonyl (C=O) groups is 2. The van der Waals surface area contributed by atoms with Crippen LogP contribution < -0.4 is 15.1 Å². The van der Waals surface area contributed by atoms with Crippen LogP contribution in [0.5, 0.6) is 0 Å². The highest BCUT2D eigenvalue weighted by Gasteiger charge is 2.33. The van der Waals surface area contributed by atoms with Gasteiger partial charge in [-0.3, -0.25) is 4.79 Å². The molecule has 0 aliphatic carbocycles. The maximum atomic E-state index is 13.1. The van der Waals surface area contributed by atoms with Crippen LogP contribution in [0, 0.1) is 5.82 Å². The van der Waals surface area contributed by atoms with Crippen molar-refractivity contribution in [1.82, 2.24) is 10.2 Å². The lowest BCUT2D eigenvalue weighted by molar-refractivity contribution is -0.117. The van der Waals surface area contributed by atoms with Crippen LogP contribution in [0.25, 0.3) is 0 Å². The summed E-state index contributed by atoms with van der Waals surface area (Å²) >= 11 is 0. The van der Waals surface area contributed by atoms with Gasteiger partial charge in [0, 0.05) is 50.5 Å². The van der Waals surface area contributed by atoms with Gasteiger partial charge in [-0.05, 0) is 36.4 Å². The van der Waals surface area contributed by atoms with Gasteiger partial charge in [0.15, 0.2) is 0 Å². The number of nitrogens with zero attached hydrogens (tertiary/aromatic N) is 3. The number of halogens is 1. The molecule has 3 amide bonds. The zero-order chi connectivity index (χ0) is 19.5. The molecule has 2 aliphatic heterocycles. The number of carbonyl (C=O) groups excluding carboxylic acids is 2. The molecule has 1 atom stereocenters. The van der Waals surface area contributed by atoms with Gasteiger partial charge in [0.1, 0.15) is 5.82 Å². The fourth-order valence-electron chi connectivity index (χ4n) is 3.75. The molecule has 0 bridgehead atoms. The SMILES string of the molecule is O=C(N[C@H]1CC(=O)N(c2ccc(F)cc2)C1)N1CCN(c2ccccc2)CC1. The molecule has 146 valence electrons. The topological polar surface area (TPSA) is 55.9 Å². The molecule has 2 aromatic carbocycles. The van der Waals surface area contributed by atoms with Gasteiger partial charge in [0.05, 0.1) is 6.04 Å². The van der Waals surface area contributed by atoms with Crippen molar-refractivity contribution in [2.24, 2.45) is 0 Å². The Morgan fingerprint density at radius 1 is 0.929 bits per heavy atom. The number of piperazine rings is 1. The smallest absolute Gasteiger partial charge is 0.317 e. The van der Waals surface area contributed by atoms with Crippen LogP contribution >= 0.6 is 0 Å². The summed E-state index contributed by atoms with van der Waals surface area (Å²) in [4.78, 5) is 30.6. The Balaban J connectivity index is 1.30. The quantitative estimate of drug-likeness (QED) is 0.887. The molecule has 6 nitrogen and oxygen atoms in total. The minimum absolute atomic E-state index is 0.0641. The van der Waals surface area contributed by atoms with E-state index in [0.717, 1.165) is 13.1 Å². The van der Waals surface area contributed by atoms with Gasteiger partial charge < -0.3 is 20.0 Å². The van der Waals surface area contributed by atoms with Crippen molar-refractivity contribution in [3.8, 4) is 0 Å². The minimum Gasteiger partial charge on any atom is -0.368 e. The third-order valence-electron chi connectivity index (χ3n) is 5.28. The lowest BCUT2D eigenvalue weighted by atomic mass is 10.2. The Kier molecular flexibility index (Phi) is 5.14. The minimum atomic E-state index is -0.338. The second-order valence-corrected chi connectivity index (χ2v) is 7.14. The highest BCUT2D eigenvalue weighted by atomic mass is 19.1. The maximum Gasteiger partial charge on any atom is 0.317 e. The summed E-state index contributed by atoms with van der Waals surface area (Å²) in [6.07, 6.45) is 0.257. The van der Waals surface area contributed by atoms with Crippen LogP contribution in [-0.4, -0.2) is 55.6 Å². The molecule has 0 spiro atoms. The van der Waals surface area contributed by atoms with Crippen molar-refractivity contribution in [2.75, 3.05) is 42.5 Å². The number of amides is 3. The molecule has 0 aromatic heterocycles. The molecule has 2 fully saturated rings. The first-order chi connectivity index (χ1) is 13.6. The van der Waals surface area contributed by atoms with Gasteiger partial charge in [0.25, 0.3) is 0 Å². The zero-order valence-corrected chi connectivity index (χ0v) is 15.6. The second-order valence-electron chi connectivity index (χ2n) is 7.14. The van der Waals surface area contributed by atoms with Gasteiger partial charge in [0.2, 0.25) is 5.91 Å². The zero-order valence-electron chi connectivity index (χ0n) is 15.6. The third-order valence-corrected chi connectivity index (χ3v) is 5.28. The number of nitrogens with one attached hydrogen (secondary N) is 1. The predicted molar refractivity (Wildman–Crippen MR) is 106 cm³/mol. The summed E-state index contributed by atoms with van der Waals surface area (Å²) in [6, 6.07) is 15.6. The molecule has 1 N–H and O–H groups in total. The Hall–Kier alpha value is -3.09. The van der Waals surface area contributed by atoms with E-state index in [1.54, 1.807) is 21.9 Å². The molecule has 0 saturated carbocycles. The van der Waals surface area contributed by atoms with E-state index in [1.165, 1.54) is 17.8 Å². The molecule has 2 aliphatic rings. The molecule has 2 saturated heterocycles. The molecular weight excluding hydrogens is 359 g/mol. The van der Waals surface area contributed by atoms with Gasteiger partial charge in [-0.1, -0.05) is 18.2 Å². The number of rotatable bonds is 3. The van der Waals surface area contributed by atoms with E-state index in [1.807, 2.05) is 18.2 Å². The molecular formula is C21H23FN4O2. The van der Waals surface area contributed by atoms with Crippen LogP contribution in [0.2, 0.25) is 0 Å². The highest BCUT2D eigenvalue weighted by Crippen LogP contribution is 2.22. The van der Waals surface area contributed by atoms with Crippen molar-refractivity contribution in [1.29, 1.82) is 0 Å². The molecule has 7 heteroatoms. The van der Waals surface area contributed by atoms with Gasteiger partial charge in [-0.2, -0.15) is 0 Å². The molecule has 2 aromatic rings. The Morgan fingerprint density at radius 3 is 2.29 bits per heavy atom. The van der Waals surface area contributed by atoms with Crippen molar-refractivity contribution >= 4 is 23.3 Å². The van der Waals surface area contributed by atoms with Gasteiger partial charge in [-0.25, -0.2) is 9.18 Å². The van der Waals surface area contributed by atoms with E-state index in [9.17, 15) is 14.0 Å². The van der Waals surface area contributed by atoms with Crippen LogP contribution in [-0.2, 0) is 4.79 Å². The third kappa shape index (κ3) is 3.93. The first-order valence-electron chi connectivity index (χ1n) is 9.51. The Morgan fingerprint density at radius 2 is 1.61 bits per heavy atom. The van der Waals surface area contributed by atoms with E-state index < -0.39 is 0 Å². The maximum absolute atomic E-state index is 13.1. The number of para-hydroxylation sites is 1. The number of hydrogen-bond donors (Lipinski definition) is 1. The molecule has 0 unspecified atom stereocenters. The summed E-state index contributed by atoms with van der Waals surface area (Å²) < 4.78 is 13.1. The average Bonchev–Trinajstić information content (AvgIpc) is 3.09. The molecule has 2 heterocycles. The van der Waals surface area contributed by atoms with E-state index in [-0.39, 0.29) is 30.2 Å². The summed E-state index contributed by atoms with van der Waals surface area (Å²) in [5, 5.41) is 2.98. The van der Waals surface area contributed by atoms with Crippen LogP contribution in [0.3, 0.4) is 0 Å². The molecule has 4 rings (SSSR count). The molecule has 0 radical (unpaired) electrons. The fourth-order valence-corrected chi connectivity index (χ4v) is 3.75. The van der Waals surface area contributed by atoms with Crippen molar-refractivity contribution in [3.05, 3.63) is 60.4 Å². The lowest BCUT2D eigenvalue weighted by Crippen LogP contribution is -2.53. The number of benzene rings is 2. The first-order valence-corrected chi connectivity index (χ1v) is 9.51.